The van der Waals surface area contributed by atoms with Crippen molar-refractivity contribution in [1.29, 1.82) is 0 Å². The van der Waals surface area contributed by atoms with Crippen LogP contribution in [0.5, 0.6) is 0 Å². The molecule has 1 saturated heterocycles. The van der Waals surface area contributed by atoms with Crippen LogP contribution in [-0.4, -0.2) is 37.0 Å². The molecule has 0 aliphatic carbocycles. The number of alkyl halides is 3. The molecule has 0 saturated carbocycles. The molecule has 1 unspecified atom stereocenters. The minimum Gasteiger partial charge on any atom is -0.379 e. The Morgan fingerprint density at radius 3 is 2.50 bits per heavy atom. The number of unbranched alkanes of at least 4 members (excludes halogenated alkanes) is 1. The van der Waals surface area contributed by atoms with E-state index in [1.165, 1.54) is 6.07 Å². The number of thioether (sulfide) groups is 1. The lowest BCUT2D eigenvalue weighted by atomic mass is 9.74. The first-order chi connectivity index (χ1) is 17.1. The van der Waals surface area contributed by atoms with Crippen molar-refractivity contribution in [3.8, 4) is 0 Å². The van der Waals surface area contributed by atoms with Gasteiger partial charge in [0.2, 0.25) is 0 Å². The largest absolute Gasteiger partial charge is 0.417 e. The van der Waals surface area contributed by atoms with Crippen molar-refractivity contribution in [1.82, 2.24) is 5.32 Å². The average Bonchev–Trinajstić information content (AvgIpc) is 2.78. The average molecular weight is 554 g/mol. The number of hydrogen-bond acceptors (Lipinski definition) is 5. The summed E-state index contributed by atoms with van der Waals surface area (Å²) in [6, 6.07) is 8.30. The molecule has 0 amide bonds. The van der Waals surface area contributed by atoms with E-state index in [9.17, 15) is 26.5 Å². The standard InChI is InChI=1S/C24H29F5NO4PS/c25-20-7-2-1-6-18(20)23(15-33-16-23)8-3-4-11-36-22-13-21(26)17(12-19(22)24(27,28)29)14-30-9-5-10-34-35(31)32/h1-2,6-7,12-13,30,35H,3-5,8-11,14-16H2,(H,31,32). The third kappa shape index (κ3) is 8.00. The maximum atomic E-state index is 14.5. The van der Waals surface area contributed by atoms with Crippen LogP contribution in [0.1, 0.15) is 42.4 Å². The Balaban J connectivity index is 1.53. The molecule has 1 atom stereocenters. The van der Waals surface area contributed by atoms with Crippen molar-refractivity contribution in [2.75, 3.05) is 32.1 Å². The van der Waals surface area contributed by atoms with Crippen LogP contribution in [-0.2, 0) is 32.0 Å². The summed E-state index contributed by atoms with van der Waals surface area (Å²) in [5.41, 5.74) is -0.800. The first-order valence-electron chi connectivity index (χ1n) is 11.5. The zero-order valence-corrected chi connectivity index (χ0v) is 21.3. The van der Waals surface area contributed by atoms with E-state index in [-0.39, 0.29) is 36.0 Å². The Morgan fingerprint density at radius 1 is 1.11 bits per heavy atom. The predicted molar refractivity (Wildman–Crippen MR) is 128 cm³/mol. The van der Waals surface area contributed by atoms with Crippen LogP contribution in [0.15, 0.2) is 41.3 Å². The van der Waals surface area contributed by atoms with Crippen LogP contribution in [0.4, 0.5) is 22.0 Å². The summed E-state index contributed by atoms with van der Waals surface area (Å²) in [6.07, 6.45) is -2.37. The fraction of sp³-hybridized carbons (Fsp3) is 0.500. The van der Waals surface area contributed by atoms with E-state index in [0.29, 0.717) is 50.2 Å². The van der Waals surface area contributed by atoms with Gasteiger partial charge in [0.25, 0.3) is 0 Å². The van der Waals surface area contributed by atoms with E-state index >= 15 is 0 Å². The van der Waals surface area contributed by atoms with E-state index < -0.39 is 31.2 Å². The highest BCUT2D eigenvalue weighted by Crippen LogP contribution is 2.40. The normalized spacial score (nSPS) is 16.1. The maximum Gasteiger partial charge on any atom is 0.417 e. The number of hydrogen-bond donors (Lipinski definition) is 2. The summed E-state index contributed by atoms with van der Waals surface area (Å²) >= 11 is 0.957. The van der Waals surface area contributed by atoms with Gasteiger partial charge in [-0.3, -0.25) is 4.57 Å². The lowest BCUT2D eigenvalue weighted by Gasteiger charge is -2.42. The third-order valence-corrected chi connectivity index (χ3v) is 7.59. The monoisotopic (exact) mass is 553 g/mol. The highest BCUT2D eigenvalue weighted by Gasteiger charge is 2.41. The Bertz CT molecular complexity index is 1040. The van der Waals surface area contributed by atoms with Crippen LogP contribution >= 0.6 is 20.0 Å². The highest BCUT2D eigenvalue weighted by molar-refractivity contribution is 7.99. The van der Waals surface area contributed by atoms with Gasteiger partial charge in [-0.1, -0.05) is 24.6 Å². The van der Waals surface area contributed by atoms with Gasteiger partial charge in [-0.25, -0.2) is 8.78 Å². The number of benzene rings is 2. The Kier molecular flexibility index (Phi) is 10.8. The molecule has 2 aromatic carbocycles. The number of nitrogens with one attached hydrogen (secondary N) is 1. The summed E-state index contributed by atoms with van der Waals surface area (Å²) in [4.78, 5) is 8.42. The van der Waals surface area contributed by atoms with Gasteiger partial charge in [0.05, 0.1) is 25.4 Å². The quantitative estimate of drug-likeness (QED) is 0.128. The van der Waals surface area contributed by atoms with Gasteiger partial charge in [0.15, 0.2) is 0 Å². The van der Waals surface area contributed by atoms with Gasteiger partial charge in [-0.15, -0.1) is 11.8 Å². The molecule has 12 heteroatoms. The summed E-state index contributed by atoms with van der Waals surface area (Å²) in [5, 5.41) is 2.81. The van der Waals surface area contributed by atoms with Crippen LogP contribution in [0.3, 0.4) is 0 Å². The Hall–Kier alpha value is -1.49. The Labute approximate surface area is 211 Å². The van der Waals surface area contributed by atoms with Gasteiger partial charge in [0, 0.05) is 22.4 Å². The number of halogens is 5. The topological polar surface area (TPSA) is 67.8 Å². The molecular formula is C24H29F5NO4PS. The smallest absolute Gasteiger partial charge is 0.379 e. The van der Waals surface area contributed by atoms with Crippen LogP contribution in [0.25, 0.3) is 0 Å². The molecule has 0 aromatic heterocycles. The third-order valence-electron chi connectivity index (χ3n) is 6.00. The maximum absolute atomic E-state index is 14.5. The van der Waals surface area contributed by atoms with Crippen molar-refractivity contribution in [3.63, 3.8) is 0 Å². The molecule has 1 fully saturated rings. The van der Waals surface area contributed by atoms with Crippen molar-refractivity contribution < 1.29 is 40.7 Å². The molecule has 200 valence electrons. The molecule has 1 heterocycles. The summed E-state index contributed by atoms with van der Waals surface area (Å²) in [7, 11) is -3.02. The molecule has 0 radical (unpaired) electrons. The lowest BCUT2D eigenvalue weighted by molar-refractivity contribution is -0.139. The zero-order chi connectivity index (χ0) is 26.2. The second-order valence-electron chi connectivity index (χ2n) is 8.64. The van der Waals surface area contributed by atoms with E-state index in [1.54, 1.807) is 18.2 Å². The minimum atomic E-state index is -4.63. The van der Waals surface area contributed by atoms with Crippen molar-refractivity contribution in [2.45, 2.75) is 48.7 Å². The van der Waals surface area contributed by atoms with Crippen LogP contribution in [0, 0.1) is 11.6 Å². The van der Waals surface area contributed by atoms with Crippen molar-refractivity contribution >= 4 is 20.0 Å². The lowest BCUT2D eigenvalue weighted by Crippen LogP contribution is -2.47. The van der Waals surface area contributed by atoms with Gasteiger partial charge in [0.1, 0.15) is 11.6 Å². The molecule has 5 nitrogen and oxygen atoms in total. The first-order valence-corrected chi connectivity index (χ1v) is 13.8. The van der Waals surface area contributed by atoms with E-state index in [4.69, 9.17) is 9.63 Å². The second kappa shape index (κ2) is 13.3. The SMILES string of the molecule is O=[PH](O)OCCCNCc1cc(C(F)(F)F)c(SCCCCC2(c3ccccc3F)COC2)cc1F. The van der Waals surface area contributed by atoms with Crippen molar-refractivity contribution in [2.24, 2.45) is 0 Å². The van der Waals surface area contributed by atoms with E-state index in [2.05, 4.69) is 9.84 Å². The molecule has 2 aromatic rings. The molecule has 1 aliphatic heterocycles. The second-order valence-corrected chi connectivity index (χ2v) is 10.6. The van der Waals surface area contributed by atoms with Gasteiger partial charge >= 0.3 is 14.4 Å². The van der Waals surface area contributed by atoms with Crippen LogP contribution in [0.2, 0.25) is 0 Å². The molecular weight excluding hydrogens is 524 g/mol. The molecule has 2 N–H and O–H groups in total. The molecule has 0 spiro atoms. The van der Waals surface area contributed by atoms with Gasteiger partial charge in [-0.2, -0.15) is 13.2 Å². The molecule has 36 heavy (non-hydrogen) atoms. The summed E-state index contributed by atoms with van der Waals surface area (Å²) in [6.45, 7) is 1.01. The Morgan fingerprint density at radius 2 is 1.86 bits per heavy atom. The van der Waals surface area contributed by atoms with Crippen molar-refractivity contribution in [3.05, 3.63) is 64.7 Å². The fourth-order valence-electron chi connectivity index (χ4n) is 4.08. The molecule has 3 rings (SSSR count). The van der Waals surface area contributed by atoms with E-state index in [0.717, 1.165) is 23.9 Å². The highest BCUT2D eigenvalue weighted by atomic mass is 32.2. The minimum absolute atomic E-state index is 0.0155. The predicted octanol–water partition coefficient (Wildman–Crippen LogP) is 6.09. The molecule has 0 bridgehead atoms. The number of ether oxygens (including phenoxy) is 1. The van der Waals surface area contributed by atoms with Gasteiger partial charge < -0.3 is 19.5 Å². The van der Waals surface area contributed by atoms with Crippen LogP contribution < -0.4 is 5.32 Å². The fourth-order valence-corrected chi connectivity index (χ4v) is 5.48. The van der Waals surface area contributed by atoms with Gasteiger partial charge in [-0.05, 0) is 55.3 Å². The number of rotatable bonds is 14. The summed E-state index contributed by atoms with van der Waals surface area (Å²) < 4.78 is 90.1. The molecule has 1 aliphatic rings. The summed E-state index contributed by atoms with van der Waals surface area (Å²) in [5.74, 6) is -0.659. The van der Waals surface area contributed by atoms with E-state index in [1.807, 2.05) is 0 Å². The zero-order valence-electron chi connectivity index (χ0n) is 19.5. The first kappa shape index (κ1) is 29.1.